The molecule has 0 saturated heterocycles. The van der Waals surface area contributed by atoms with E-state index in [9.17, 15) is 9.50 Å². The van der Waals surface area contributed by atoms with Crippen molar-refractivity contribution in [1.29, 1.82) is 0 Å². The van der Waals surface area contributed by atoms with E-state index in [1.54, 1.807) is 6.92 Å². The number of phenolic OH excluding ortho intramolecular Hbond substituents is 1. The Kier molecular flexibility index (Phi) is 3.22. The Balaban J connectivity index is 2.91. The van der Waals surface area contributed by atoms with E-state index in [-0.39, 0.29) is 17.6 Å². The first-order valence-corrected chi connectivity index (χ1v) is 3.92. The van der Waals surface area contributed by atoms with Crippen molar-refractivity contribution in [2.75, 3.05) is 7.11 Å². The molecule has 0 amide bonds. The number of rotatable bonds is 3. The number of nitrogens with one attached hydrogen (secondary N) is 1. The van der Waals surface area contributed by atoms with E-state index in [0.717, 1.165) is 0 Å². The van der Waals surface area contributed by atoms with E-state index < -0.39 is 0 Å². The molecular formula is C9H12FNO2. The van der Waals surface area contributed by atoms with Crippen LogP contribution in [0.2, 0.25) is 0 Å². The van der Waals surface area contributed by atoms with Crippen LogP contribution >= 0.6 is 0 Å². The molecule has 3 nitrogen and oxygen atoms in total. The molecule has 0 radical (unpaired) electrons. The number of halogens is 1. The van der Waals surface area contributed by atoms with Crippen molar-refractivity contribution in [1.82, 2.24) is 5.48 Å². The fourth-order valence-corrected chi connectivity index (χ4v) is 1.11. The van der Waals surface area contributed by atoms with Gasteiger partial charge in [0.25, 0.3) is 0 Å². The first kappa shape index (κ1) is 9.95. The molecule has 0 saturated carbocycles. The van der Waals surface area contributed by atoms with Crippen molar-refractivity contribution in [3.05, 3.63) is 29.6 Å². The highest BCUT2D eigenvalue weighted by Crippen LogP contribution is 2.24. The van der Waals surface area contributed by atoms with Crippen molar-refractivity contribution in [2.24, 2.45) is 0 Å². The zero-order chi connectivity index (χ0) is 9.84. The van der Waals surface area contributed by atoms with Gasteiger partial charge in [0.1, 0.15) is 11.6 Å². The number of hydrogen-bond donors (Lipinski definition) is 2. The first-order chi connectivity index (χ1) is 6.15. The van der Waals surface area contributed by atoms with Crippen LogP contribution in [0.3, 0.4) is 0 Å². The highest BCUT2D eigenvalue weighted by molar-refractivity contribution is 5.34. The molecular weight excluding hydrogens is 173 g/mol. The quantitative estimate of drug-likeness (QED) is 0.705. The smallest absolute Gasteiger partial charge is 0.123 e. The molecule has 0 aliphatic heterocycles. The summed E-state index contributed by atoms with van der Waals surface area (Å²) in [6.07, 6.45) is 0. The molecule has 0 bridgehead atoms. The highest BCUT2D eigenvalue weighted by atomic mass is 19.1. The van der Waals surface area contributed by atoms with E-state index in [4.69, 9.17) is 0 Å². The zero-order valence-corrected chi connectivity index (χ0v) is 7.54. The van der Waals surface area contributed by atoms with Crippen LogP contribution in [-0.2, 0) is 4.84 Å². The Hall–Kier alpha value is -1.13. The van der Waals surface area contributed by atoms with Crippen molar-refractivity contribution >= 4 is 0 Å². The zero-order valence-electron chi connectivity index (χ0n) is 7.54. The average Bonchev–Trinajstić information content (AvgIpc) is 2.09. The topological polar surface area (TPSA) is 41.5 Å². The lowest BCUT2D eigenvalue weighted by Gasteiger charge is -2.13. The Labute approximate surface area is 76.1 Å². The molecule has 0 aliphatic carbocycles. The van der Waals surface area contributed by atoms with Crippen LogP contribution < -0.4 is 5.48 Å². The number of benzene rings is 1. The number of hydroxylamine groups is 1. The Bertz CT molecular complexity index is 291. The fraction of sp³-hybridized carbons (Fsp3) is 0.333. The van der Waals surface area contributed by atoms with E-state index in [1.807, 2.05) is 0 Å². The summed E-state index contributed by atoms with van der Waals surface area (Å²) >= 11 is 0. The van der Waals surface area contributed by atoms with Gasteiger partial charge in [-0.1, -0.05) is 0 Å². The summed E-state index contributed by atoms with van der Waals surface area (Å²) in [5.41, 5.74) is 3.08. The standard InChI is InChI=1S/C9H12FNO2/c1-6(11-13-2)8-5-7(10)3-4-9(8)12/h3-6,11-12H,1-2H3. The van der Waals surface area contributed by atoms with Crippen LogP contribution in [0.25, 0.3) is 0 Å². The van der Waals surface area contributed by atoms with Gasteiger partial charge in [0.15, 0.2) is 0 Å². The molecule has 1 aromatic rings. The van der Waals surface area contributed by atoms with Crippen LogP contribution in [0.4, 0.5) is 4.39 Å². The van der Waals surface area contributed by atoms with Gasteiger partial charge in [0.2, 0.25) is 0 Å². The van der Waals surface area contributed by atoms with Crippen molar-refractivity contribution in [3.63, 3.8) is 0 Å². The van der Waals surface area contributed by atoms with Crippen LogP contribution in [0.1, 0.15) is 18.5 Å². The van der Waals surface area contributed by atoms with E-state index in [0.29, 0.717) is 5.56 Å². The third-order valence-corrected chi connectivity index (χ3v) is 1.75. The van der Waals surface area contributed by atoms with Crippen molar-refractivity contribution < 1.29 is 14.3 Å². The lowest BCUT2D eigenvalue weighted by molar-refractivity contribution is 0.0651. The normalized spacial score (nSPS) is 12.8. The molecule has 0 spiro atoms. The van der Waals surface area contributed by atoms with Gasteiger partial charge < -0.3 is 9.94 Å². The first-order valence-electron chi connectivity index (χ1n) is 3.92. The Morgan fingerprint density at radius 3 is 2.85 bits per heavy atom. The summed E-state index contributed by atoms with van der Waals surface area (Å²) in [4.78, 5) is 4.67. The maximum absolute atomic E-state index is 12.8. The second-order valence-corrected chi connectivity index (χ2v) is 2.75. The molecule has 0 fully saturated rings. The van der Waals surface area contributed by atoms with Gasteiger partial charge in [0.05, 0.1) is 13.2 Å². The van der Waals surface area contributed by atoms with Gasteiger partial charge in [-0.2, -0.15) is 5.48 Å². The van der Waals surface area contributed by atoms with E-state index >= 15 is 0 Å². The van der Waals surface area contributed by atoms with Crippen molar-refractivity contribution in [2.45, 2.75) is 13.0 Å². The molecule has 2 N–H and O–H groups in total. The van der Waals surface area contributed by atoms with Gasteiger partial charge in [0, 0.05) is 5.56 Å². The molecule has 1 unspecified atom stereocenters. The SMILES string of the molecule is CONC(C)c1cc(F)ccc1O. The molecule has 4 heteroatoms. The predicted octanol–water partition coefficient (Wildman–Crippen LogP) is 1.74. The molecule has 0 heterocycles. The average molecular weight is 185 g/mol. The summed E-state index contributed by atoms with van der Waals surface area (Å²) in [6, 6.07) is 3.55. The minimum atomic E-state index is -0.377. The van der Waals surface area contributed by atoms with Gasteiger partial charge >= 0.3 is 0 Å². The molecule has 0 aliphatic rings. The van der Waals surface area contributed by atoms with Crippen LogP contribution in [0.15, 0.2) is 18.2 Å². The van der Waals surface area contributed by atoms with E-state index in [2.05, 4.69) is 10.3 Å². The van der Waals surface area contributed by atoms with Crippen LogP contribution in [0.5, 0.6) is 5.75 Å². The van der Waals surface area contributed by atoms with Gasteiger partial charge in [-0.05, 0) is 25.1 Å². The van der Waals surface area contributed by atoms with Gasteiger partial charge in [-0.3, -0.25) is 0 Å². The molecule has 1 aromatic carbocycles. The third-order valence-electron chi connectivity index (χ3n) is 1.75. The summed E-state index contributed by atoms with van der Waals surface area (Å²) in [5.74, 6) is -0.323. The highest BCUT2D eigenvalue weighted by Gasteiger charge is 2.10. The monoisotopic (exact) mass is 185 g/mol. The lowest BCUT2D eigenvalue weighted by Crippen LogP contribution is -2.16. The summed E-state index contributed by atoms with van der Waals surface area (Å²) in [5, 5.41) is 9.37. The summed E-state index contributed by atoms with van der Waals surface area (Å²) in [7, 11) is 1.47. The Morgan fingerprint density at radius 1 is 1.54 bits per heavy atom. The van der Waals surface area contributed by atoms with Crippen LogP contribution in [-0.4, -0.2) is 12.2 Å². The number of aromatic hydroxyl groups is 1. The lowest BCUT2D eigenvalue weighted by atomic mass is 10.1. The number of phenols is 1. The fourth-order valence-electron chi connectivity index (χ4n) is 1.11. The molecule has 72 valence electrons. The van der Waals surface area contributed by atoms with E-state index in [1.165, 1.54) is 25.3 Å². The summed E-state index contributed by atoms with van der Waals surface area (Å²) in [6.45, 7) is 1.76. The largest absolute Gasteiger partial charge is 0.508 e. The van der Waals surface area contributed by atoms with Gasteiger partial charge in [-0.15, -0.1) is 0 Å². The molecule has 1 rings (SSSR count). The molecule has 13 heavy (non-hydrogen) atoms. The predicted molar refractivity (Wildman–Crippen MR) is 46.6 cm³/mol. The minimum Gasteiger partial charge on any atom is -0.508 e. The second-order valence-electron chi connectivity index (χ2n) is 2.75. The van der Waals surface area contributed by atoms with Crippen molar-refractivity contribution in [3.8, 4) is 5.75 Å². The maximum atomic E-state index is 12.8. The molecule has 0 aromatic heterocycles. The molecule has 1 atom stereocenters. The van der Waals surface area contributed by atoms with Gasteiger partial charge in [-0.25, -0.2) is 4.39 Å². The maximum Gasteiger partial charge on any atom is 0.123 e. The number of hydrogen-bond acceptors (Lipinski definition) is 3. The van der Waals surface area contributed by atoms with Crippen LogP contribution in [0, 0.1) is 5.82 Å². The third kappa shape index (κ3) is 2.40. The second kappa shape index (κ2) is 4.20. The Morgan fingerprint density at radius 2 is 2.23 bits per heavy atom. The summed E-state index contributed by atoms with van der Waals surface area (Å²) < 4.78 is 12.8. The minimum absolute atomic E-state index is 0.0541.